The molecule has 0 bridgehead atoms. The quantitative estimate of drug-likeness (QED) is 0.668. The summed E-state index contributed by atoms with van der Waals surface area (Å²) < 4.78 is 0. The van der Waals surface area contributed by atoms with E-state index in [9.17, 15) is 9.59 Å². The minimum Gasteiger partial charge on any atom is -0.354 e. The van der Waals surface area contributed by atoms with Crippen molar-refractivity contribution in [2.45, 2.75) is 44.6 Å². The molecule has 2 fully saturated rings. The first kappa shape index (κ1) is 13.3. The molecule has 2 aliphatic rings. The van der Waals surface area contributed by atoms with Gasteiger partial charge in [-0.2, -0.15) is 0 Å². The highest BCUT2D eigenvalue weighted by atomic mass is 16.2. The van der Waals surface area contributed by atoms with Gasteiger partial charge in [0.05, 0.1) is 0 Å². The number of amides is 2. The zero-order chi connectivity index (χ0) is 13.0. The highest BCUT2D eigenvalue weighted by molar-refractivity contribution is 5.91. The molecule has 5 heteroatoms. The van der Waals surface area contributed by atoms with Crippen molar-refractivity contribution in [2.75, 3.05) is 19.6 Å². The monoisotopic (exact) mass is 253 g/mol. The fraction of sp³-hybridized carbons (Fsp3) is 0.846. The van der Waals surface area contributed by atoms with Gasteiger partial charge < -0.3 is 16.0 Å². The van der Waals surface area contributed by atoms with E-state index in [2.05, 4.69) is 16.0 Å². The summed E-state index contributed by atoms with van der Waals surface area (Å²) in [6, 6.07) is 0. The molecule has 18 heavy (non-hydrogen) atoms. The van der Waals surface area contributed by atoms with Gasteiger partial charge >= 0.3 is 0 Å². The van der Waals surface area contributed by atoms with E-state index in [1.54, 1.807) is 0 Å². The summed E-state index contributed by atoms with van der Waals surface area (Å²) in [6.07, 6.45) is 4.71. The minimum absolute atomic E-state index is 0.00398. The first-order valence-electron chi connectivity index (χ1n) is 6.90. The molecule has 3 N–H and O–H groups in total. The van der Waals surface area contributed by atoms with Crippen molar-refractivity contribution >= 4 is 11.8 Å². The summed E-state index contributed by atoms with van der Waals surface area (Å²) in [5.41, 5.74) is -0.652. The van der Waals surface area contributed by atoms with Gasteiger partial charge in [-0.05, 0) is 12.8 Å². The molecule has 0 aromatic carbocycles. The van der Waals surface area contributed by atoms with Crippen molar-refractivity contribution in [3.8, 4) is 0 Å². The molecule has 2 rings (SSSR count). The second-order valence-electron chi connectivity index (χ2n) is 5.56. The van der Waals surface area contributed by atoms with Crippen molar-refractivity contribution in [3.63, 3.8) is 0 Å². The average molecular weight is 253 g/mol. The average Bonchev–Trinajstić information content (AvgIpc) is 2.27. The van der Waals surface area contributed by atoms with Gasteiger partial charge in [-0.1, -0.05) is 19.3 Å². The highest BCUT2D eigenvalue weighted by Gasteiger charge is 2.40. The molecule has 0 radical (unpaired) electrons. The SMILES string of the molecule is CC(=O)NC1(C(=O)NCC2CNC2)CCCCC1. The van der Waals surface area contributed by atoms with Gasteiger partial charge in [-0.3, -0.25) is 9.59 Å². The minimum atomic E-state index is -0.652. The van der Waals surface area contributed by atoms with Crippen molar-refractivity contribution in [3.05, 3.63) is 0 Å². The molecule has 0 spiro atoms. The Bertz CT molecular complexity index is 320. The first-order chi connectivity index (χ1) is 8.62. The van der Waals surface area contributed by atoms with Crippen molar-refractivity contribution in [1.29, 1.82) is 0 Å². The molecule has 5 nitrogen and oxygen atoms in total. The summed E-state index contributed by atoms with van der Waals surface area (Å²) in [5.74, 6) is 0.438. The Kier molecular flexibility index (Phi) is 4.22. The molecular weight excluding hydrogens is 230 g/mol. The molecule has 1 saturated heterocycles. The molecule has 1 heterocycles. The topological polar surface area (TPSA) is 70.2 Å². The Morgan fingerprint density at radius 3 is 2.39 bits per heavy atom. The lowest BCUT2D eigenvalue weighted by Crippen LogP contribution is -2.60. The maximum atomic E-state index is 12.4. The second kappa shape index (κ2) is 5.69. The standard InChI is InChI=1S/C13H23N3O2/c1-10(17)16-13(5-3-2-4-6-13)12(18)15-9-11-7-14-8-11/h11,14H,2-9H2,1H3,(H,15,18)(H,16,17). The number of hydrogen-bond donors (Lipinski definition) is 3. The van der Waals surface area contributed by atoms with Crippen molar-refractivity contribution in [1.82, 2.24) is 16.0 Å². The molecule has 0 atom stereocenters. The Labute approximate surface area is 108 Å². The van der Waals surface area contributed by atoms with E-state index in [0.29, 0.717) is 12.5 Å². The second-order valence-corrected chi connectivity index (χ2v) is 5.56. The Hall–Kier alpha value is -1.10. The van der Waals surface area contributed by atoms with Crippen LogP contribution in [-0.4, -0.2) is 37.0 Å². The molecule has 2 amide bonds. The summed E-state index contributed by atoms with van der Waals surface area (Å²) >= 11 is 0. The molecule has 1 saturated carbocycles. The van der Waals surface area contributed by atoms with Crippen LogP contribution in [0.15, 0.2) is 0 Å². The first-order valence-corrected chi connectivity index (χ1v) is 6.90. The molecule has 0 unspecified atom stereocenters. The Morgan fingerprint density at radius 2 is 1.89 bits per heavy atom. The van der Waals surface area contributed by atoms with Crippen LogP contribution in [0.5, 0.6) is 0 Å². The fourth-order valence-electron chi connectivity index (χ4n) is 2.80. The molecule has 0 aromatic rings. The van der Waals surface area contributed by atoms with Crippen LogP contribution in [0.25, 0.3) is 0 Å². The number of hydrogen-bond acceptors (Lipinski definition) is 3. The number of carbonyl (C=O) groups excluding carboxylic acids is 2. The number of carbonyl (C=O) groups is 2. The van der Waals surface area contributed by atoms with E-state index in [0.717, 1.165) is 45.2 Å². The van der Waals surface area contributed by atoms with E-state index in [1.807, 2.05) is 0 Å². The van der Waals surface area contributed by atoms with Crippen LogP contribution < -0.4 is 16.0 Å². The predicted molar refractivity (Wildman–Crippen MR) is 69.0 cm³/mol. The maximum absolute atomic E-state index is 12.4. The summed E-state index contributed by atoms with van der Waals surface area (Å²) in [7, 11) is 0. The van der Waals surface area contributed by atoms with Crippen molar-refractivity contribution in [2.24, 2.45) is 5.92 Å². The highest BCUT2D eigenvalue weighted by Crippen LogP contribution is 2.28. The zero-order valence-electron chi connectivity index (χ0n) is 11.1. The van der Waals surface area contributed by atoms with Gasteiger partial charge in [-0.15, -0.1) is 0 Å². The van der Waals surface area contributed by atoms with Crippen LogP contribution in [0.1, 0.15) is 39.0 Å². The lowest BCUT2D eigenvalue weighted by Gasteiger charge is -2.37. The Morgan fingerprint density at radius 1 is 1.22 bits per heavy atom. The molecule has 1 aliphatic carbocycles. The molecule has 102 valence electrons. The molecule has 1 aliphatic heterocycles. The van der Waals surface area contributed by atoms with Crippen LogP contribution in [0.2, 0.25) is 0 Å². The Balaban J connectivity index is 1.93. The third-order valence-corrected chi connectivity index (χ3v) is 3.97. The third kappa shape index (κ3) is 3.02. The smallest absolute Gasteiger partial charge is 0.245 e. The number of rotatable bonds is 4. The fourth-order valence-corrected chi connectivity index (χ4v) is 2.80. The van der Waals surface area contributed by atoms with E-state index in [4.69, 9.17) is 0 Å². The maximum Gasteiger partial charge on any atom is 0.245 e. The van der Waals surface area contributed by atoms with Crippen LogP contribution >= 0.6 is 0 Å². The van der Waals surface area contributed by atoms with Gasteiger partial charge in [-0.25, -0.2) is 0 Å². The van der Waals surface area contributed by atoms with Crippen molar-refractivity contribution < 1.29 is 9.59 Å². The van der Waals surface area contributed by atoms with E-state index >= 15 is 0 Å². The predicted octanol–water partition coefficient (Wildman–Crippen LogP) is 0.161. The van der Waals surface area contributed by atoms with Gasteiger partial charge in [0.1, 0.15) is 5.54 Å². The van der Waals surface area contributed by atoms with Gasteiger partial charge in [0, 0.05) is 32.5 Å². The largest absolute Gasteiger partial charge is 0.354 e. The third-order valence-electron chi connectivity index (χ3n) is 3.97. The van der Waals surface area contributed by atoms with Gasteiger partial charge in [0.25, 0.3) is 0 Å². The van der Waals surface area contributed by atoms with Crippen LogP contribution in [0, 0.1) is 5.92 Å². The van der Waals surface area contributed by atoms with E-state index < -0.39 is 5.54 Å². The lowest BCUT2D eigenvalue weighted by molar-refractivity contribution is -0.134. The molecular formula is C13H23N3O2. The normalized spacial score (nSPS) is 22.9. The lowest BCUT2D eigenvalue weighted by atomic mass is 9.80. The van der Waals surface area contributed by atoms with E-state index in [1.165, 1.54) is 6.92 Å². The zero-order valence-corrected chi connectivity index (χ0v) is 11.1. The summed E-state index contributed by atoms with van der Waals surface area (Å²) in [4.78, 5) is 23.7. The van der Waals surface area contributed by atoms with Crippen LogP contribution in [-0.2, 0) is 9.59 Å². The van der Waals surface area contributed by atoms with Gasteiger partial charge in [0.15, 0.2) is 0 Å². The van der Waals surface area contributed by atoms with E-state index in [-0.39, 0.29) is 11.8 Å². The number of nitrogens with one attached hydrogen (secondary N) is 3. The summed E-state index contributed by atoms with van der Waals surface area (Å²) in [5, 5.41) is 9.08. The van der Waals surface area contributed by atoms with Gasteiger partial charge in [0.2, 0.25) is 11.8 Å². The molecule has 0 aromatic heterocycles. The van der Waals surface area contributed by atoms with Crippen LogP contribution in [0.3, 0.4) is 0 Å². The van der Waals surface area contributed by atoms with Crippen LogP contribution in [0.4, 0.5) is 0 Å². The summed E-state index contributed by atoms with van der Waals surface area (Å²) in [6.45, 7) is 4.16.